The maximum atomic E-state index is 5.48. The van der Waals surface area contributed by atoms with Crippen LogP contribution >= 0.6 is 0 Å². The number of aromatic nitrogens is 3. The lowest BCUT2D eigenvalue weighted by Gasteiger charge is -2.26. The Morgan fingerprint density at radius 1 is 0.348 bits per heavy atom. The molecule has 0 radical (unpaired) electrons. The van der Waals surface area contributed by atoms with E-state index in [1.54, 1.807) is 0 Å². The van der Waals surface area contributed by atoms with Crippen LogP contribution in [0.4, 0.5) is 0 Å². The SMILES string of the molecule is c1ccc(C2=NC(c3cccc(-n4c5ccccc5c5cc(-c6ccc7c8ccccc8n(-c8ccccc8)c7c6)ccc54)c3-n3c4ccccc4c4ccccc43)=NC(c3ccccc3)N2)cc1. The molecule has 6 nitrogen and oxygen atoms in total. The molecule has 13 aromatic rings. The van der Waals surface area contributed by atoms with E-state index in [9.17, 15) is 0 Å². The maximum absolute atomic E-state index is 5.48. The molecule has 3 aromatic heterocycles. The first-order valence-corrected chi connectivity index (χ1v) is 23.5. The Morgan fingerprint density at radius 2 is 0.855 bits per heavy atom. The van der Waals surface area contributed by atoms with Gasteiger partial charge in [0, 0.05) is 49.1 Å². The van der Waals surface area contributed by atoms with Gasteiger partial charge in [-0.25, -0.2) is 9.98 Å². The van der Waals surface area contributed by atoms with Gasteiger partial charge in [-0.1, -0.05) is 176 Å². The monoisotopic (exact) mass is 882 g/mol. The van der Waals surface area contributed by atoms with Gasteiger partial charge in [-0.3, -0.25) is 0 Å². The fourth-order valence-corrected chi connectivity index (χ4v) is 10.8. The van der Waals surface area contributed by atoms with Crippen molar-refractivity contribution in [2.24, 2.45) is 9.98 Å². The van der Waals surface area contributed by atoms with E-state index in [2.05, 4.69) is 250 Å². The molecule has 69 heavy (non-hydrogen) atoms. The zero-order valence-electron chi connectivity index (χ0n) is 37.4. The van der Waals surface area contributed by atoms with Crippen molar-refractivity contribution in [3.05, 3.63) is 259 Å². The van der Waals surface area contributed by atoms with Crippen molar-refractivity contribution in [3.8, 4) is 28.2 Å². The van der Waals surface area contributed by atoms with Crippen LogP contribution in [-0.2, 0) is 0 Å². The van der Waals surface area contributed by atoms with E-state index in [4.69, 9.17) is 9.98 Å². The molecule has 14 rings (SSSR count). The summed E-state index contributed by atoms with van der Waals surface area (Å²) in [6.45, 7) is 0. The lowest BCUT2D eigenvalue weighted by atomic mass is 10.0. The number of nitrogens with one attached hydrogen (secondary N) is 1. The number of amidine groups is 2. The molecule has 324 valence electrons. The van der Waals surface area contributed by atoms with Crippen molar-refractivity contribution >= 4 is 77.1 Å². The normalized spacial score (nSPS) is 13.9. The van der Waals surface area contributed by atoms with Gasteiger partial charge in [0.25, 0.3) is 0 Å². The van der Waals surface area contributed by atoms with Gasteiger partial charge in [-0.2, -0.15) is 0 Å². The van der Waals surface area contributed by atoms with Gasteiger partial charge in [0.2, 0.25) is 0 Å². The van der Waals surface area contributed by atoms with Gasteiger partial charge >= 0.3 is 0 Å². The number of fused-ring (bicyclic) bond motifs is 9. The Hall–Kier alpha value is -9.26. The Labute approximate surface area is 398 Å². The van der Waals surface area contributed by atoms with Crippen molar-refractivity contribution in [1.29, 1.82) is 0 Å². The predicted molar refractivity (Wildman–Crippen MR) is 287 cm³/mol. The average molecular weight is 883 g/mol. The van der Waals surface area contributed by atoms with Crippen molar-refractivity contribution < 1.29 is 0 Å². The number of benzene rings is 10. The molecule has 4 heterocycles. The molecule has 0 fully saturated rings. The first kappa shape index (κ1) is 39.0. The Bertz CT molecular complexity index is 4160. The van der Waals surface area contributed by atoms with Crippen LogP contribution in [0.5, 0.6) is 0 Å². The molecule has 1 N–H and O–H groups in total. The van der Waals surface area contributed by atoms with Crippen molar-refractivity contribution in [3.63, 3.8) is 0 Å². The smallest absolute Gasteiger partial charge is 0.161 e. The Morgan fingerprint density at radius 3 is 1.52 bits per heavy atom. The summed E-state index contributed by atoms with van der Waals surface area (Å²) in [5.41, 5.74) is 15.3. The van der Waals surface area contributed by atoms with Gasteiger partial charge in [-0.05, 0) is 83.4 Å². The minimum atomic E-state index is -0.358. The van der Waals surface area contributed by atoms with E-state index in [0.717, 1.165) is 72.8 Å². The molecule has 0 amide bonds. The minimum absolute atomic E-state index is 0.358. The maximum Gasteiger partial charge on any atom is 0.161 e. The summed E-state index contributed by atoms with van der Waals surface area (Å²) in [6.07, 6.45) is -0.358. The number of hydrogen-bond donors (Lipinski definition) is 1. The summed E-state index contributed by atoms with van der Waals surface area (Å²) in [5.74, 6) is 1.44. The summed E-state index contributed by atoms with van der Waals surface area (Å²) in [5, 5.41) is 10.9. The van der Waals surface area contributed by atoms with E-state index >= 15 is 0 Å². The van der Waals surface area contributed by atoms with Crippen LogP contribution in [0.2, 0.25) is 0 Å². The molecular weight excluding hydrogens is 841 g/mol. The molecule has 1 aliphatic heterocycles. The predicted octanol–water partition coefficient (Wildman–Crippen LogP) is 15.1. The Balaban J connectivity index is 1.03. The highest BCUT2D eigenvalue weighted by molar-refractivity contribution is 6.18. The van der Waals surface area contributed by atoms with Gasteiger partial charge < -0.3 is 19.0 Å². The van der Waals surface area contributed by atoms with E-state index in [1.165, 1.54) is 43.4 Å². The number of aliphatic imine (C=N–C) groups is 2. The topological polar surface area (TPSA) is 51.5 Å². The molecule has 0 saturated heterocycles. The van der Waals surface area contributed by atoms with Gasteiger partial charge in [0.1, 0.15) is 12.0 Å². The quantitative estimate of drug-likeness (QED) is 0.170. The summed E-state index contributed by atoms with van der Waals surface area (Å²) in [6, 6.07) is 87.0. The van der Waals surface area contributed by atoms with Crippen LogP contribution in [0, 0.1) is 0 Å². The highest BCUT2D eigenvalue weighted by Crippen LogP contribution is 2.42. The van der Waals surface area contributed by atoms with Crippen molar-refractivity contribution in [2.45, 2.75) is 6.17 Å². The summed E-state index contributed by atoms with van der Waals surface area (Å²) in [4.78, 5) is 10.9. The largest absolute Gasteiger partial charge is 0.344 e. The number of para-hydroxylation sites is 6. The Kier molecular flexibility index (Phi) is 8.86. The lowest BCUT2D eigenvalue weighted by Crippen LogP contribution is -2.33. The van der Waals surface area contributed by atoms with Gasteiger partial charge in [0.05, 0.1) is 44.5 Å². The second kappa shape index (κ2) is 15.7. The highest BCUT2D eigenvalue weighted by Gasteiger charge is 2.27. The number of hydrogen-bond acceptors (Lipinski definition) is 3. The van der Waals surface area contributed by atoms with Crippen LogP contribution in [0.25, 0.3) is 93.6 Å². The molecule has 1 unspecified atom stereocenters. The van der Waals surface area contributed by atoms with Crippen LogP contribution in [0.1, 0.15) is 22.9 Å². The van der Waals surface area contributed by atoms with Crippen LogP contribution in [-0.4, -0.2) is 25.4 Å². The van der Waals surface area contributed by atoms with Gasteiger partial charge in [0.15, 0.2) is 5.84 Å². The average Bonchev–Trinajstić information content (AvgIpc) is 4.06. The zero-order valence-corrected chi connectivity index (χ0v) is 37.4. The lowest BCUT2D eigenvalue weighted by molar-refractivity contribution is 0.674. The third-order valence-electron chi connectivity index (χ3n) is 13.9. The molecule has 0 bridgehead atoms. The second-order valence-corrected chi connectivity index (χ2v) is 17.8. The number of rotatable bonds is 7. The minimum Gasteiger partial charge on any atom is -0.344 e. The first-order valence-electron chi connectivity index (χ1n) is 23.5. The summed E-state index contributed by atoms with van der Waals surface area (Å²) in [7, 11) is 0. The molecule has 0 aliphatic carbocycles. The standard InChI is InChI=1S/C63H42N6/c1-4-19-41(20-5-1)61-64-62(42-21-6-2-7-22-42)66-63(65-61)51-29-18-34-58(60(51)69-55-32-16-11-25-46(55)47-26-12-17-33-56(47)69)68-54-31-15-13-28-49(54)52-39-43(36-38-57(52)68)44-35-37-50-48-27-10-14-30-53(48)67(59(50)40-44)45-23-8-3-9-24-45/h1-40,61H,(H,64,65,66). The van der Waals surface area contributed by atoms with Gasteiger partial charge in [-0.15, -0.1) is 0 Å². The zero-order chi connectivity index (χ0) is 45.4. The molecule has 1 aliphatic rings. The van der Waals surface area contributed by atoms with E-state index in [1.807, 2.05) is 12.1 Å². The van der Waals surface area contributed by atoms with Crippen LogP contribution in [0.15, 0.2) is 253 Å². The molecule has 6 heteroatoms. The molecule has 0 saturated carbocycles. The van der Waals surface area contributed by atoms with E-state index < -0.39 is 0 Å². The van der Waals surface area contributed by atoms with Crippen molar-refractivity contribution in [1.82, 2.24) is 19.0 Å². The molecule has 1 atom stereocenters. The molecule has 0 spiro atoms. The fourth-order valence-electron chi connectivity index (χ4n) is 10.8. The fraction of sp³-hybridized carbons (Fsp3) is 0.0159. The van der Waals surface area contributed by atoms with E-state index in [-0.39, 0.29) is 6.17 Å². The van der Waals surface area contributed by atoms with E-state index in [0.29, 0.717) is 5.84 Å². The summed E-state index contributed by atoms with van der Waals surface area (Å²) < 4.78 is 7.28. The van der Waals surface area contributed by atoms with Crippen molar-refractivity contribution in [2.75, 3.05) is 0 Å². The molecule has 10 aromatic carbocycles. The third-order valence-corrected chi connectivity index (χ3v) is 13.9. The highest BCUT2D eigenvalue weighted by atomic mass is 15.2. The third kappa shape index (κ3) is 6.19. The molecular formula is C63H42N6. The van der Waals surface area contributed by atoms with Crippen LogP contribution in [0.3, 0.4) is 0 Å². The first-order chi connectivity index (χ1) is 34.2. The van der Waals surface area contributed by atoms with Crippen LogP contribution < -0.4 is 5.32 Å². The number of nitrogens with zero attached hydrogens (tertiary/aromatic N) is 5. The summed E-state index contributed by atoms with van der Waals surface area (Å²) >= 11 is 0. The second-order valence-electron chi connectivity index (χ2n) is 17.8.